The Labute approximate surface area is 163 Å². The third-order valence-corrected chi connectivity index (χ3v) is 4.82. The smallest absolute Gasteiger partial charge is 0.224 e. The Balaban J connectivity index is 2.19. The molecule has 0 saturated carbocycles. The van der Waals surface area contributed by atoms with E-state index in [1.165, 1.54) is 25.7 Å². The highest BCUT2D eigenvalue weighted by molar-refractivity contribution is 5.92. The largest absolute Gasteiger partial charge is 0.497 e. The van der Waals surface area contributed by atoms with Gasteiger partial charge in [0, 0.05) is 12.5 Å². The van der Waals surface area contributed by atoms with Gasteiger partial charge >= 0.3 is 0 Å². The van der Waals surface area contributed by atoms with Crippen LogP contribution in [-0.4, -0.2) is 19.1 Å². The normalized spacial score (nSPS) is 21.1. The van der Waals surface area contributed by atoms with E-state index in [-0.39, 0.29) is 12.0 Å². The fraction of sp³-hybridized carbons (Fsp3) is 0.522. The number of amides is 1. The first kappa shape index (κ1) is 21.1. The molecule has 0 spiro atoms. The molecule has 0 aliphatic carbocycles. The standard InChI is InChI=1S/C23H33NO3/c1-18(2)21-13-11-9-7-5-4-6-8-10-12-14-23(25)24-20-16-15-19(26-3)17-22(20)27-21/h8,10,15-17,21H,1,4-7,9,11-14H2,2-3H3,(H,24,25)/b10-8+. The monoisotopic (exact) mass is 371 g/mol. The number of fused-ring (bicyclic) bond motifs is 1. The summed E-state index contributed by atoms with van der Waals surface area (Å²) in [5, 5.41) is 2.98. The molecule has 2 rings (SSSR count). The van der Waals surface area contributed by atoms with E-state index < -0.39 is 0 Å². The predicted molar refractivity (Wildman–Crippen MR) is 112 cm³/mol. The Morgan fingerprint density at radius 2 is 1.89 bits per heavy atom. The average molecular weight is 372 g/mol. The molecule has 0 aromatic heterocycles. The highest BCUT2D eigenvalue weighted by atomic mass is 16.5. The Kier molecular flexibility index (Phi) is 8.96. The lowest BCUT2D eigenvalue weighted by atomic mass is 10.0. The van der Waals surface area contributed by atoms with Crippen molar-refractivity contribution in [2.45, 2.75) is 70.8 Å². The summed E-state index contributed by atoms with van der Waals surface area (Å²) in [5.74, 6) is 1.33. The molecule has 0 bridgehead atoms. The molecule has 0 fully saturated rings. The molecule has 1 N–H and O–H groups in total. The van der Waals surface area contributed by atoms with Crippen molar-refractivity contribution in [2.24, 2.45) is 0 Å². The fourth-order valence-electron chi connectivity index (χ4n) is 3.17. The van der Waals surface area contributed by atoms with Crippen LogP contribution >= 0.6 is 0 Å². The van der Waals surface area contributed by atoms with Crippen LogP contribution in [0.3, 0.4) is 0 Å². The number of rotatable bonds is 2. The van der Waals surface area contributed by atoms with Gasteiger partial charge in [0.05, 0.1) is 12.8 Å². The van der Waals surface area contributed by atoms with E-state index in [0.717, 1.165) is 31.3 Å². The Hall–Kier alpha value is -2.23. The second-order valence-electron chi connectivity index (χ2n) is 7.22. The number of benzene rings is 1. The zero-order valence-electron chi connectivity index (χ0n) is 16.8. The van der Waals surface area contributed by atoms with E-state index in [1.807, 2.05) is 25.1 Å². The Morgan fingerprint density at radius 3 is 2.67 bits per heavy atom. The molecule has 148 valence electrons. The fourth-order valence-corrected chi connectivity index (χ4v) is 3.17. The van der Waals surface area contributed by atoms with Crippen LogP contribution < -0.4 is 14.8 Å². The summed E-state index contributed by atoms with van der Waals surface area (Å²) >= 11 is 0. The number of ether oxygens (including phenoxy) is 2. The van der Waals surface area contributed by atoms with Crippen molar-refractivity contribution < 1.29 is 14.3 Å². The zero-order chi connectivity index (χ0) is 19.5. The number of carbonyl (C=O) groups is 1. The summed E-state index contributed by atoms with van der Waals surface area (Å²) in [6, 6.07) is 5.51. The Bertz CT molecular complexity index is 651. The van der Waals surface area contributed by atoms with Gasteiger partial charge in [0.25, 0.3) is 0 Å². The predicted octanol–water partition coefficient (Wildman–Crippen LogP) is 6.04. The first-order chi connectivity index (χ1) is 13.1. The summed E-state index contributed by atoms with van der Waals surface area (Å²) in [6.45, 7) is 6.10. The first-order valence-corrected chi connectivity index (χ1v) is 10.0. The van der Waals surface area contributed by atoms with Crippen molar-refractivity contribution in [1.82, 2.24) is 0 Å². The third kappa shape index (κ3) is 7.49. The molecular weight excluding hydrogens is 338 g/mol. The van der Waals surface area contributed by atoms with Crippen molar-refractivity contribution >= 4 is 11.6 Å². The topological polar surface area (TPSA) is 47.6 Å². The number of nitrogens with one attached hydrogen (secondary N) is 1. The first-order valence-electron chi connectivity index (χ1n) is 10.0. The highest BCUT2D eigenvalue weighted by Crippen LogP contribution is 2.32. The van der Waals surface area contributed by atoms with E-state index in [2.05, 4.69) is 24.0 Å². The molecule has 1 aromatic carbocycles. The summed E-state index contributed by atoms with van der Waals surface area (Å²) in [4.78, 5) is 12.3. The van der Waals surface area contributed by atoms with Gasteiger partial charge in [-0.15, -0.1) is 0 Å². The maximum atomic E-state index is 12.3. The molecule has 0 radical (unpaired) electrons. The lowest BCUT2D eigenvalue weighted by Crippen LogP contribution is -2.19. The van der Waals surface area contributed by atoms with Crippen LogP contribution in [-0.2, 0) is 4.79 Å². The van der Waals surface area contributed by atoms with E-state index in [9.17, 15) is 4.79 Å². The van der Waals surface area contributed by atoms with Crippen molar-refractivity contribution in [1.29, 1.82) is 0 Å². The zero-order valence-corrected chi connectivity index (χ0v) is 16.8. The van der Waals surface area contributed by atoms with Gasteiger partial charge in [0.2, 0.25) is 5.91 Å². The Morgan fingerprint density at radius 1 is 1.15 bits per heavy atom. The molecule has 27 heavy (non-hydrogen) atoms. The number of anilines is 1. The lowest BCUT2D eigenvalue weighted by Gasteiger charge is -2.22. The van der Waals surface area contributed by atoms with Crippen LogP contribution in [0, 0.1) is 0 Å². The molecule has 1 unspecified atom stereocenters. The van der Waals surface area contributed by atoms with Crippen LogP contribution in [0.1, 0.15) is 64.7 Å². The number of hydrogen-bond donors (Lipinski definition) is 1. The van der Waals surface area contributed by atoms with E-state index >= 15 is 0 Å². The lowest BCUT2D eigenvalue weighted by molar-refractivity contribution is -0.116. The van der Waals surface area contributed by atoms with Crippen LogP contribution in [0.15, 0.2) is 42.5 Å². The molecule has 1 aliphatic rings. The van der Waals surface area contributed by atoms with Gasteiger partial charge in [-0.05, 0) is 56.7 Å². The minimum Gasteiger partial charge on any atom is -0.497 e. The number of allylic oxidation sites excluding steroid dienone is 2. The number of hydrogen-bond acceptors (Lipinski definition) is 3. The molecule has 1 heterocycles. The average Bonchev–Trinajstić information content (AvgIpc) is 2.65. The van der Waals surface area contributed by atoms with Gasteiger partial charge in [0.1, 0.15) is 17.6 Å². The summed E-state index contributed by atoms with van der Waals surface area (Å²) in [6.07, 6.45) is 13.5. The van der Waals surface area contributed by atoms with Gasteiger partial charge in [-0.1, -0.05) is 38.0 Å². The number of methoxy groups -OCH3 is 1. The minimum atomic E-state index is -0.0647. The van der Waals surface area contributed by atoms with Crippen LogP contribution in [0.5, 0.6) is 11.5 Å². The van der Waals surface area contributed by atoms with Crippen LogP contribution in [0.4, 0.5) is 5.69 Å². The maximum absolute atomic E-state index is 12.3. The van der Waals surface area contributed by atoms with Crippen molar-refractivity contribution in [3.8, 4) is 11.5 Å². The summed E-state index contributed by atoms with van der Waals surface area (Å²) < 4.78 is 11.6. The van der Waals surface area contributed by atoms with E-state index in [0.29, 0.717) is 23.6 Å². The molecule has 1 amide bonds. The van der Waals surface area contributed by atoms with Gasteiger partial charge in [-0.3, -0.25) is 4.79 Å². The molecule has 4 heteroatoms. The van der Waals surface area contributed by atoms with Gasteiger partial charge < -0.3 is 14.8 Å². The minimum absolute atomic E-state index is 0.00846. The SMILES string of the molecule is C=C(C)C1CCCCCCC/C=C/CCC(=O)Nc2ccc(OC)cc2O1. The molecule has 1 atom stereocenters. The van der Waals surface area contributed by atoms with Crippen molar-refractivity contribution in [3.63, 3.8) is 0 Å². The van der Waals surface area contributed by atoms with E-state index in [4.69, 9.17) is 9.47 Å². The summed E-state index contributed by atoms with van der Waals surface area (Å²) in [7, 11) is 1.63. The highest BCUT2D eigenvalue weighted by Gasteiger charge is 2.16. The maximum Gasteiger partial charge on any atom is 0.224 e. The van der Waals surface area contributed by atoms with Crippen LogP contribution in [0.2, 0.25) is 0 Å². The summed E-state index contributed by atoms with van der Waals surface area (Å²) in [5.41, 5.74) is 1.68. The molecule has 1 aromatic rings. The molecule has 0 saturated heterocycles. The van der Waals surface area contributed by atoms with E-state index in [1.54, 1.807) is 7.11 Å². The second-order valence-corrected chi connectivity index (χ2v) is 7.22. The van der Waals surface area contributed by atoms with Crippen LogP contribution in [0.25, 0.3) is 0 Å². The van der Waals surface area contributed by atoms with Gasteiger partial charge in [0.15, 0.2) is 0 Å². The second kappa shape index (κ2) is 11.5. The van der Waals surface area contributed by atoms with Gasteiger partial charge in [-0.2, -0.15) is 0 Å². The third-order valence-electron chi connectivity index (χ3n) is 4.82. The van der Waals surface area contributed by atoms with Crippen molar-refractivity contribution in [3.05, 3.63) is 42.5 Å². The van der Waals surface area contributed by atoms with Gasteiger partial charge in [-0.25, -0.2) is 0 Å². The molecular formula is C23H33NO3. The van der Waals surface area contributed by atoms with Crippen molar-refractivity contribution in [2.75, 3.05) is 12.4 Å². The molecule has 4 nitrogen and oxygen atoms in total. The molecule has 1 aliphatic heterocycles. The quantitative estimate of drug-likeness (QED) is 0.645. The number of carbonyl (C=O) groups excluding carboxylic acids is 1.